The second kappa shape index (κ2) is 5.61. The Morgan fingerprint density at radius 1 is 1.50 bits per heavy atom. The number of hydrogen-bond acceptors (Lipinski definition) is 1. The molecule has 1 nitrogen and oxygen atoms in total. The van der Waals surface area contributed by atoms with Crippen LogP contribution in [-0.4, -0.2) is 10.1 Å². The van der Waals surface area contributed by atoms with E-state index in [4.69, 9.17) is 5.11 Å². The van der Waals surface area contributed by atoms with Gasteiger partial charge in [-0.15, -0.1) is 0 Å². The average Bonchev–Trinajstić information content (AvgIpc) is 1.66. The summed E-state index contributed by atoms with van der Waals surface area (Å²) in [6.45, 7) is 2.13. The van der Waals surface area contributed by atoms with Crippen LogP contribution in [0.1, 0.15) is 32.6 Å². The molecule has 8 heavy (non-hydrogen) atoms. The fourth-order valence-electron chi connectivity index (χ4n) is 0.547. The molecule has 0 amide bonds. The van der Waals surface area contributed by atoms with Crippen molar-refractivity contribution in [3.05, 3.63) is 0 Å². The maximum absolute atomic E-state index is 8.58. The van der Waals surface area contributed by atoms with Gasteiger partial charge in [-0.3, -0.25) is 0 Å². The number of unbranched alkanes of at least 4 members (excludes halogenated alkanes) is 2. The molecule has 0 aromatic rings. The molecule has 0 saturated heterocycles. The molecule has 0 aromatic carbocycles. The van der Waals surface area contributed by atoms with E-state index in [1.165, 1.54) is 12.8 Å². The molecule has 1 unspecified atom stereocenters. The number of rotatable bonds is 4. The standard InChI is InChI=1S/C6H13O.Cu/c1-2-3-4-5-6-7;/h6-7H,2-5H2,1H3;. The zero-order valence-corrected chi connectivity index (χ0v) is 6.10. The Morgan fingerprint density at radius 2 is 2.12 bits per heavy atom. The molecule has 2 heteroatoms. The summed E-state index contributed by atoms with van der Waals surface area (Å²) in [4.78, 5) is 0. The van der Waals surface area contributed by atoms with E-state index in [2.05, 4.69) is 22.9 Å². The van der Waals surface area contributed by atoms with Crippen molar-refractivity contribution in [2.24, 2.45) is 0 Å². The zero-order chi connectivity index (χ0) is 6.41. The maximum atomic E-state index is 8.58. The minimum absolute atomic E-state index is 0.533. The predicted molar refractivity (Wildman–Crippen MR) is 30.1 cm³/mol. The Morgan fingerprint density at radius 3 is 2.50 bits per heavy atom. The fraction of sp³-hybridized carbons (Fsp3) is 1.00. The average molecular weight is 165 g/mol. The summed E-state index contributed by atoms with van der Waals surface area (Å²) in [7, 11) is 0. The van der Waals surface area contributed by atoms with E-state index in [1.54, 1.807) is 0 Å². The third kappa shape index (κ3) is 6.48. The van der Waals surface area contributed by atoms with Gasteiger partial charge in [-0.1, -0.05) is 0 Å². The Hall–Kier alpha value is 0.479. The number of aliphatic hydroxyl groups is 1. The van der Waals surface area contributed by atoms with Crippen LogP contribution >= 0.6 is 0 Å². The van der Waals surface area contributed by atoms with E-state index >= 15 is 0 Å². The second-order valence-electron chi connectivity index (χ2n) is 1.88. The van der Waals surface area contributed by atoms with Crippen LogP contribution < -0.4 is 0 Å². The van der Waals surface area contributed by atoms with Crippen molar-refractivity contribution in [3.8, 4) is 0 Å². The zero-order valence-electron chi connectivity index (χ0n) is 5.15. The van der Waals surface area contributed by atoms with Crippen LogP contribution in [0.5, 0.6) is 0 Å². The molecule has 0 spiro atoms. The Balaban J connectivity index is 2.72. The SMILES string of the molecule is CCCCC[CH](O)[Cu]. The molecule has 0 rings (SSSR count). The van der Waals surface area contributed by atoms with Crippen LogP contribution in [0.15, 0.2) is 0 Å². The molecule has 1 N–H and O–H groups in total. The topological polar surface area (TPSA) is 20.2 Å². The summed E-state index contributed by atoms with van der Waals surface area (Å²) in [5, 5.41) is 8.05. The van der Waals surface area contributed by atoms with Gasteiger partial charge in [0.2, 0.25) is 0 Å². The van der Waals surface area contributed by atoms with Gasteiger partial charge in [-0.2, -0.15) is 0 Å². The van der Waals surface area contributed by atoms with Crippen molar-refractivity contribution < 1.29 is 21.1 Å². The van der Waals surface area contributed by atoms with E-state index in [0.717, 1.165) is 12.8 Å². The summed E-state index contributed by atoms with van der Waals surface area (Å²) >= 11 is 4.68. The van der Waals surface area contributed by atoms with Gasteiger partial charge in [0.05, 0.1) is 0 Å². The fourth-order valence-corrected chi connectivity index (χ4v) is 0.739. The van der Waals surface area contributed by atoms with Crippen molar-refractivity contribution in [1.29, 1.82) is 0 Å². The van der Waals surface area contributed by atoms with E-state index in [1.807, 2.05) is 0 Å². The first-order chi connectivity index (χ1) is 3.77. The van der Waals surface area contributed by atoms with Crippen LogP contribution in [-0.2, 0) is 16.0 Å². The molecule has 0 aliphatic heterocycles. The molecule has 54 valence electrons. The molecule has 0 aromatic heterocycles. The van der Waals surface area contributed by atoms with Crippen LogP contribution in [0.25, 0.3) is 0 Å². The molecule has 0 bridgehead atoms. The number of aliphatic hydroxyl groups excluding tert-OH is 1. The monoisotopic (exact) mass is 164 g/mol. The Labute approximate surface area is 59.3 Å². The van der Waals surface area contributed by atoms with Crippen LogP contribution in [0.4, 0.5) is 0 Å². The van der Waals surface area contributed by atoms with Gasteiger partial charge in [0.25, 0.3) is 0 Å². The first-order valence-corrected chi connectivity index (χ1v) is 3.59. The van der Waals surface area contributed by atoms with Crippen LogP contribution in [0.2, 0.25) is 0 Å². The van der Waals surface area contributed by atoms with E-state index in [0.29, 0.717) is 0 Å². The Bertz CT molecular complexity index is 45.8. The van der Waals surface area contributed by atoms with Gasteiger partial charge in [-0.05, 0) is 0 Å². The third-order valence-corrected chi connectivity index (χ3v) is 1.30. The first kappa shape index (κ1) is 8.48. The van der Waals surface area contributed by atoms with Crippen molar-refractivity contribution in [2.45, 2.75) is 37.6 Å². The Kier molecular flexibility index (Phi) is 5.95. The van der Waals surface area contributed by atoms with Gasteiger partial charge in [0, 0.05) is 0 Å². The summed E-state index contributed by atoms with van der Waals surface area (Å²) in [6.07, 6.45) is 4.22. The van der Waals surface area contributed by atoms with Gasteiger partial charge < -0.3 is 0 Å². The van der Waals surface area contributed by atoms with Gasteiger partial charge in [0.15, 0.2) is 0 Å². The van der Waals surface area contributed by atoms with E-state index < -0.39 is 5.00 Å². The van der Waals surface area contributed by atoms with Gasteiger partial charge >= 0.3 is 58.7 Å². The van der Waals surface area contributed by atoms with Crippen molar-refractivity contribution in [3.63, 3.8) is 0 Å². The summed E-state index contributed by atoms with van der Waals surface area (Å²) < 4.78 is 0. The predicted octanol–water partition coefficient (Wildman–Crippen LogP) is 1.43. The quantitative estimate of drug-likeness (QED) is 0.493. The van der Waals surface area contributed by atoms with E-state index in [9.17, 15) is 0 Å². The van der Waals surface area contributed by atoms with Crippen LogP contribution in [0.3, 0.4) is 0 Å². The molecule has 0 saturated carbocycles. The van der Waals surface area contributed by atoms with Gasteiger partial charge in [-0.25, -0.2) is 0 Å². The molecule has 0 aliphatic rings. The molecule has 0 radical (unpaired) electrons. The van der Waals surface area contributed by atoms with Crippen molar-refractivity contribution >= 4 is 0 Å². The first-order valence-electron chi connectivity index (χ1n) is 3.05. The van der Waals surface area contributed by atoms with Crippen molar-refractivity contribution in [1.82, 2.24) is 0 Å². The summed E-state index contributed by atoms with van der Waals surface area (Å²) in [5.74, 6) is 0. The number of hydrogen-bond donors (Lipinski definition) is 1. The van der Waals surface area contributed by atoms with Gasteiger partial charge in [0.1, 0.15) is 0 Å². The summed E-state index contributed by atoms with van der Waals surface area (Å²) in [5.41, 5.74) is 0. The molecule has 1 atom stereocenters. The third-order valence-electron chi connectivity index (χ3n) is 1.02. The molecule has 0 heterocycles. The molecular formula is C6H13CuO. The van der Waals surface area contributed by atoms with Crippen LogP contribution in [0, 0.1) is 0 Å². The normalized spacial score (nSPS) is 14.0. The molecule has 0 aliphatic carbocycles. The van der Waals surface area contributed by atoms with Crippen molar-refractivity contribution in [2.75, 3.05) is 0 Å². The van der Waals surface area contributed by atoms with E-state index in [-0.39, 0.29) is 0 Å². The molecule has 0 fully saturated rings. The molecular weight excluding hydrogens is 152 g/mol. The minimum atomic E-state index is -0.533. The summed E-state index contributed by atoms with van der Waals surface area (Å²) in [6, 6.07) is 0. The second-order valence-corrected chi connectivity index (χ2v) is 2.51.